The van der Waals surface area contributed by atoms with Crippen molar-refractivity contribution >= 4 is 23.2 Å². The summed E-state index contributed by atoms with van der Waals surface area (Å²) in [6, 6.07) is 0. The van der Waals surface area contributed by atoms with Crippen molar-refractivity contribution < 1.29 is 4.84 Å². The van der Waals surface area contributed by atoms with Crippen LogP contribution in [-0.2, 0) is 10.4 Å². The van der Waals surface area contributed by atoms with Gasteiger partial charge in [0, 0.05) is 0 Å². The van der Waals surface area contributed by atoms with Gasteiger partial charge in [-0.15, -0.1) is 0 Å². The van der Waals surface area contributed by atoms with Crippen molar-refractivity contribution in [2.24, 2.45) is 5.90 Å². The summed E-state index contributed by atoms with van der Waals surface area (Å²) in [7, 11) is 0. The Labute approximate surface area is 86.0 Å². The van der Waals surface area contributed by atoms with Gasteiger partial charge in [0.25, 0.3) is 0 Å². The lowest BCUT2D eigenvalue weighted by atomic mass is 10.0. The van der Waals surface area contributed by atoms with Crippen LogP contribution in [0.3, 0.4) is 0 Å². The van der Waals surface area contributed by atoms with E-state index in [1.807, 2.05) is 0 Å². The molecule has 0 bridgehead atoms. The fraction of sp³-hybridized carbons (Fsp3) is 0.429. The minimum absolute atomic E-state index is 0.246. The summed E-state index contributed by atoms with van der Waals surface area (Å²) in [5.41, 5.74) is -0.309. The van der Waals surface area contributed by atoms with Crippen LogP contribution < -0.4 is 5.90 Å². The van der Waals surface area contributed by atoms with Crippen molar-refractivity contribution in [1.29, 1.82) is 0 Å². The average molecular weight is 222 g/mol. The smallest absolute Gasteiger partial charge is 0.140 e. The molecule has 0 aliphatic rings. The minimum Gasteiger partial charge on any atom is -0.294 e. The highest BCUT2D eigenvalue weighted by atomic mass is 35.5. The van der Waals surface area contributed by atoms with E-state index >= 15 is 0 Å². The molecule has 0 aromatic carbocycles. The van der Waals surface area contributed by atoms with Gasteiger partial charge in [-0.2, -0.15) is 0 Å². The van der Waals surface area contributed by atoms with E-state index in [4.69, 9.17) is 33.9 Å². The van der Waals surface area contributed by atoms with Gasteiger partial charge in [-0.3, -0.25) is 4.84 Å². The van der Waals surface area contributed by atoms with E-state index in [2.05, 4.69) is 9.97 Å². The van der Waals surface area contributed by atoms with E-state index in [1.54, 1.807) is 13.8 Å². The molecule has 4 nitrogen and oxygen atoms in total. The van der Waals surface area contributed by atoms with Gasteiger partial charge in [0.1, 0.15) is 22.2 Å². The first-order valence-electron chi connectivity index (χ1n) is 3.53. The summed E-state index contributed by atoms with van der Waals surface area (Å²) in [6.45, 7) is 3.45. The maximum Gasteiger partial charge on any atom is 0.140 e. The molecule has 72 valence electrons. The van der Waals surface area contributed by atoms with Crippen molar-refractivity contribution in [3.8, 4) is 0 Å². The number of nitrogens with zero attached hydrogens (tertiary/aromatic N) is 2. The molecule has 13 heavy (non-hydrogen) atoms. The third-order valence-electron chi connectivity index (χ3n) is 1.65. The second-order valence-corrected chi connectivity index (χ2v) is 3.67. The zero-order chi connectivity index (χ0) is 10.1. The molecule has 2 N–H and O–H groups in total. The molecule has 0 spiro atoms. The van der Waals surface area contributed by atoms with Crippen LogP contribution in [0.2, 0.25) is 10.3 Å². The molecule has 0 fully saturated rings. The number of hydrogen-bond donors (Lipinski definition) is 1. The molecule has 0 aliphatic carbocycles. The minimum atomic E-state index is -0.796. The summed E-state index contributed by atoms with van der Waals surface area (Å²) in [4.78, 5) is 12.3. The fourth-order valence-electron chi connectivity index (χ4n) is 0.900. The van der Waals surface area contributed by atoms with E-state index in [-0.39, 0.29) is 10.3 Å². The third kappa shape index (κ3) is 2.08. The average Bonchev–Trinajstić information content (AvgIpc) is 2.03. The molecule has 1 aromatic heterocycles. The van der Waals surface area contributed by atoms with Gasteiger partial charge in [0.05, 0.1) is 5.56 Å². The molecule has 0 aliphatic heterocycles. The maximum absolute atomic E-state index is 5.82. The molecular weight excluding hydrogens is 213 g/mol. The van der Waals surface area contributed by atoms with Crippen molar-refractivity contribution in [3.63, 3.8) is 0 Å². The number of nitrogens with two attached hydrogens (primary N) is 1. The van der Waals surface area contributed by atoms with Crippen LogP contribution in [-0.4, -0.2) is 9.97 Å². The first-order valence-corrected chi connectivity index (χ1v) is 4.29. The normalized spacial score (nSPS) is 11.8. The highest BCUT2D eigenvalue weighted by molar-refractivity contribution is 6.34. The number of hydrogen-bond acceptors (Lipinski definition) is 4. The van der Waals surface area contributed by atoms with Crippen LogP contribution in [0.25, 0.3) is 0 Å². The van der Waals surface area contributed by atoms with Crippen LogP contribution in [0.4, 0.5) is 0 Å². The Bertz CT molecular complexity index is 296. The molecule has 0 radical (unpaired) electrons. The molecule has 1 heterocycles. The predicted octanol–water partition coefficient (Wildman–Crippen LogP) is 1.91. The predicted molar refractivity (Wildman–Crippen MR) is 50.4 cm³/mol. The monoisotopic (exact) mass is 221 g/mol. The van der Waals surface area contributed by atoms with Crippen molar-refractivity contribution in [3.05, 3.63) is 22.2 Å². The molecule has 1 aromatic rings. The van der Waals surface area contributed by atoms with Crippen LogP contribution >= 0.6 is 23.2 Å². The standard InChI is InChI=1S/C7H9Cl2N3O/c1-7(2,13-10)4-5(8)11-3-12-6(4)9/h3H,10H2,1-2H3. The Morgan fingerprint density at radius 1 is 1.31 bits per heavy atom. The highest BCUT2D eigenvalue weighted by Gasteiger charge is 2.28. The van der Waals surface area contributed by atoms with Crippen molar-refractivity contribution in [1.82, 2.24) is 9.97 Å². The summed E-state index contributed by atoms with van der Waals surface area (Å²) in [5, 5.41) is 0.492. The second kappa shape index (κ2) is 3.75. The SMILES string of the molecule is CC(C)(ON)c1c(Cl)ncnc1Cl. The molecule has 1 rings (SSSR count). The van der Waals surface area contributed by atoms with E-state index in [0.717, 1.165) is 0 Å². The topological polar surface area (TPSA) is 61.0 Å². The third-order valence-corrected chi connectivity index (χ3v) is 2.22. The summed E-state index contributed by atoms with van der Waals surface area (Å²) < 4.78 is 0. The Morgan fingerprint density at radius 3 is 2.15 bits per heavy atom. The van der Waals surface area contributed by atoms with Gasteiger partial charge in [0.15, 0.2) is 0 Å². The van der Waals surface area contributed by atoms with E-state index < -0.39 is 5.60 Å². The van der Waals surface area contributed by atoms with E-state index in [1.165, 1.54) is 6.33 Å². The molecule has 0 saturated heterocycles. The summed E-state index contributed by atoms with van der Waals surface area (Å²) >= 11 is 11.6. The fourth-order valence-corrected chi connectivity index (χ4v) is 1.67. The van der Waals surface area contributed by atoms with Crippen LogP contribution in [0.5, 0.6) is 0 Å². The molecule has 0 atom stereocenters. The lowest BCUT2D eigenvalue weighted by molar-refractivity contribution is -0.0239. The number of aromatic nitrogens is 2. The Kier molecular flexibility index (Phi) is 3.08. The second-order valence-electron chi connectivity index (χ2n) is 2.96. The molecule has 0 unspecified atom stereocenters. The lowest BCUT2D eigenvalue weighted by Gasteiger charge is -2.23. The van der Waals surface area contributed by atoms with Crippen molar-refractivity contribution in [2.45, 2.75) is 19.4 Å². The Balaban J connectivity index is 3.28. The first kappa shape index (κ1) is 10.7. The highest BCUT2D eigenvalue weighted by Crippen LogP contribution is 2.32. The zero-order valence-corrected chi connectivity index (χ0v) is 8.73. The number of rotatable bonds is 2. The maximum atomic E-state index is 5.82. The van der Waals surface area contributed by atoms with E-state index in [0.29, 0.717) is 5.56 Å². The largest absolute Gasteiger partial charge is 0.294 e. The van der Waals surface area contributed by atoms with Gasteiger partial charge in [-0.1, -0.05) is 23.2 Å². The van der Waals surface area contributed by atoms with Crippen LogP contribution in [0.15, 0.2) is 6.33 Å². The lowest BCUT2D eigenvalue weighted by Crippen LogP contribution is -2.26. The first-order chi connectivity index (χ1) is 5.99. The molecule has 0 amide bonds. The Hall–Kier alpha value is -0.420. The molecular formula is C7H9Cl2N3O. The van der Waals surface area contributed by atoms with E-state index in [9.17, 15) is 0 Å². The van der Waals surface area contributed by atoms with Crippen LogP contribution in [0, 0.1) is 0 Å². The summed E-state index contributed by atoms with van der Waals surface area (Å²) in [5.74, 6) is 5.10. The van der Waals surface area contributed by atoms with Gasteiger partial charge < -0.3 is 0 Å². The molecule has 0 saturated carbocycles. The summed E-state index contributed by atoms with van der Waals surface area (Å²) in [6.07, 6.45) is 1.28. The van der Waals surface area contributed by atoms with Gasteiger partial charge >= 0.3 is 0 Å². The number of halogens is 2. The zero-order valence-electron chi connectivity index (χ0n) is 7.21. The van der Waals surface area contributed by atoms with Gasteiger partial charge in [0.2, 0.25) is 0 Å². The van der Waals surface area contributed by atoms with Gasteiger partial charge in [-0.25, -0.2) is 15.9 Å². The van der Waals surface area contributed by atoms with Crippen LogP contribution in [0.1, 0.15) is 19.4 Å². The quantitative estimate of drug-likeness (QED) is 0.613. The van der Waals surface area contributed by atoms with Gasteiger partial charge in [-0.05, 0) is 13.8 Å². The van der Waals surface area contributed by atoms with Crippen molar-refractivity contribution in [2.75, 3.05) is 0 Å². The molecule has 6 heteroatoms. The Morgan fingerprint density at radius 2 is 1.77 bits per heavy atom.